The van der Waals surface area contributed by atoms with Gasteiger partial charge in [-0.25, -0.2) is 4.39 Å². The van der Waals surface area contributed by atoms with Gasteiger partial charge in [-0.1, -0.05) is 28.9 Å². The molecule has 2 unspecified atom stereocenters. The molecule has 0 aliphatic heterocycles. The van der Waals surface area contributed by atoms with E-state index in [1.807, 2.05) is 24.1 Å². The number of nitrogens with zero attached hydrogens (tertiary/aromatic N) is 1. The molecule has 1 aliphatic carbocycles. The molecule has 0 aromatic heterocycles. The van der Waals surface area contributed by atoms with Crippen LogP contribution in [0.5, 0.6) is 0 Å². The SMILES string of the molecule is CC1CC1CN(C)c1ccc(CBr)cc1F. The highest BCUT2D eigenvalue weighted by molar-refractivity contribution is 9.08. The summed E-state index contributed by atoms with van der Waals surface area (Å²) in [4.78, 5) is 2.03. The minimum atomic E-state index is -0.118. The predicted molar refractivity (Wildman–Crippen MR) is 69.6 cm³/mol. The zero-order valence-corrected chi connectivity index (χ0v) is 11.3. The van der Waals surface area contributed by atoms with Gasteiger partial charge < -0.3 is 4.90 Å². The van der Waals surface area contributed by atoms with E-state index in [2.05, 4.69) is 22.9 Å². The summed E-state index contributed by atoms with van der Waals surface area (Å²) in [5.41, 5.74) is 1.69. The van der Waals surface area contributed by atoms with E-state index < -0.39 is 0 Å². The Kier molecular flexibility index (Phi) is 3.53. The zero-order chi connectivity index (χ0) is 11.7. The third-order valence-electron chi connectivity index (χ3n) is 3.36. The van der Waals surface area contributed by atoms with Crippen molar-refractivity contribution in [2.75, 3.05) is 18.5 Å². The molecule has 1 nitrogen and oxygen atoms in total. The van der Waals surface area contributed by atoms with Crippen LogP contribution < -0.4 is 4.90 Å². The lowest BCUT2D eigenvalue weighted by Crippen LogP contribution is -2.21. The first-order valence-corrected chi connectivity index (χ1v) is 6.79. The molecule has 0 heterocycles. The molecule has 0 N–H and O–H groups in total. The molecule has 88 valence electrons. The van der Waals surface area contributed by atoms with Crippen LogP contribution in [0.1, 0.15) is 18.9 Å². The van der Waals surface area contributed by atoms with Crippen LogP contribution in [0.15, 0.2) is 18.2 Å². The van der Waals surface area contributed by atoms with Gasteiger partial charge in [0, 0.05) is 18.9 Å². The standard InChI is InChI=1S/C13H17BrFN/c1-9-5-11(9)8-16(2)13-4-3-10(7-14)6-12(13)15/h3-4,6,9,11H,5,7-8H2,1-2H3. The van der Waals surface area contributed by atoms with Crippen molar-refractivity contribution >= 4 is 21.6 Å². The van der Waals surface area contributed by atoms with Crippen LogP contribution in [-0.4, -0.2) is 13.6 Å². The smallest absolute Gasteiger partial charge is 0.146 e. The minimum absolute atomic E-state index is 0.118. The molecule has 0 spiro atoms. The third kappa shape index (κ3) is 2.57. The van der Waals surface area contributed by atoms with Gasteiger partial charge in [-0.2, -0.15) is 0 Å². The van der Waals surface area contributed by atoms with E-state index in [0.29, 0.717) is 11.0 Å². The molecule has 16 heavy (non-hydrogen) atoms. The second kappa shape index (κ2) is 4.74. The summed E-state index contributed by atoms with van der Waals surface area (Å²) >= 11 is 3.33. The van der Waals surface area contributed by atoms with E-state index in [9.17, 15) is 4.39 Å². The molecule has 1 aromatic carbocycles. The fourth-order valence-corrected chi connectivity index (χ4v) is 2.40. The van der Waals surface area contributed by atoms with Crippen molar-refractivity contribution in [2.24, 2.45) is 11.8 Å². The molecular weight excluding hydrogens is 269 g/mol. The fourth-order valence-electron chi connectivity index (χ4n) is 2.05. The Morgan fingerprint density at radius 1 is 1.50 bits per heavy atom. The Morgan fingerprint density at radius 3 is 2.69 bits per heavy atom. The molecule has 0 radical (unpaired) electrons. The number of halogens is 2. The van der Waals surface area contributed by atoms with Gasteiger partial charge in [0.2, 0.25) is 0 Å². The summed E-state index contributed by atoms with van der Waals surface area (Å²) in [6.45, 7) is 3.22. The fraction of sp³-hybridized carbons (Fsp3) is 0.538. The van der Waals surface area contributed by atoms with Crippen molar-refractivity contribution in [1.82, 2.24) is 0 Å². The van der Waals surface area contributed by atoms with Gasteiger partial charge in [-0.05, 0) is 36.0 Å². The normalized spacial score (nSPS) is 23.2. The predicted octanol–water partition coefficient (Wildman–Crippen LogP) is 3.81. The summed E-state index contributed by atoms with van der Waals surface area (Å²) in [6.07, 6.45) is 1.28. The molecule has 1 saturated carbocycles. The van der Waals surface area contributed by atoms with Crippen molar-refractivity contribution in [3.05, 3.63) is 29.6 Å². The average molecular weight is 286 g/mol. The summed E-state index contributed by atoms with van der Waals surface area (Å²) in [5.74, 6) is 1.44. The summed E-state index contributed by atoms with van der Waals surface area (Å²) < 4.78 is 13.8. The van der Waals surface area contributed by atoms with Crippen LogP contribution >= 0.6 is 15.9 Å². The number of benzene rings is 1. The van der Waals surface area contributed by atoms with Crippen LogP contribution in [0.4, 0.5) is 10.1 Å². The van der Waals surface area contributed by atoms with Crippen molar-refractivity contribution in [3.63, 3.8) is 0 Å². The van der Waals surface area contributed by atoms with Crippen molar-refractivity contribution < 1.29 is 4.39 Å². The Labute approximate surface area is 105 Å². The van der Waals surface area contributed by atoms with E-state index in [1.165, 1.54) is 6.42 Å². The second-order valence-electron chi connectivity index (χ2n) is 4.77. The molecule has 2 atom stereocenters. The van der Waals surface area contributed by atoms with E-state index >= 15 is 0 Å². The van der Waals surface area contributed by atoms with Crippen LogP contribution in [0.3, 0.4) is 0 Å². The van der Waals surface area contributed by atoms with Gasteiger partial charge in [0.25, 0.3) is 0 Å². The van der Waals surface area contributed by atoms with Crippen LogP contribution in [0.2, 0.25) is 0 Å². The minimum Gasteiger partial charge on any atom is -0.372 e. The monoisotopic (exact) mass is 285 g/mol. The maximum Gasteiger partial charge on any atom is 0.146 e. The average Bonchev–Trinajstić information content (AvgIpc) is 2.93. The highest BCUT2D eigenvalue weighted by atomic mass is 79.9. The second-order valence-corrected chi connectivity index (χ2v) is 5.33. The number of anilines is 1. The Hall–Kier alpha value is -0.570. The largest absolute Gasteiger partial charge is 0.372 e. The lowest BCUT2D eigenvalue weighted by Gasteiger charge is -2.20. The van der Waals surface area contributed by atoms with E-state index in [1.54, 1.807) is 6.07 Å². The van der Waals surface area contributed by atoms with Crippen LogP contribution in [-0.2, 0) is 5.33 Å². The Balaban J connectivity index is 2.07. The molecule has 2 rings (SSSR count). The van der Waals surface area contributed by atoms with E-state index in [4.69, 9.17) is 0 Å². The van der Waals surface area contributed by atoms with Gasteiger partial charge >= 0.3 is 0 Å². The van der Waals surface area contributed by atoms with E-state index in [0.717, 1.165) is 23.9 Å². The van der Waals surface area contributed by atoms with Crippen molar-refractivity contribution in [1.29, 1.82) is 0 Å². The molecule has 3 heteroatoms. The molecule has 0 saturated heterocycles. The first kappa shape index (κ1) is 11.9. The summed E-state index contributed by atoms with van der Waals surface area (Å²) in [5, 5.41) is 0.702. The first-order chi connectivity index (χ1) is 7.61. The van der Waals surface area contributed by atoms with E-state index in [-0.39, 0.29) is 5.82 Å². The number of hydrogen-bond donors (Lipinski definition) is 0. The molecule has 1 aromatic rings. The first-order valence-electron chi connectivity index (χ1n) is 5.67. The molecule has 1 fully saturated rings. The number of hydrogen-bond acceptors (Lipinski definition) is 1. The number of rotatable bonds is 4. The lowest BCUT2D eigenvalue weighted by molar-refractivity contribution is 0.615. The maximum absolute atomic E-state index is 13.8. The van der Waals surface area contributed by atoms with Gasteiger partial charge in [-0.15, -0.1) is 0 Å². The Morgan fingerprint density at radius 2 is 2.19 bits per heavy atom. The van der Waals surface area contributed by atoms with Gasteiger partial charge in [-0.3, -0.25) is 0 Å². The molecule has 0 bridgehead atoms. The molecular formula is C13H17BrFN. The Bertz CT molecular complexity index is 380. The quantitative estimate of drug-likeness (QED) is 0.761. The lowest BCUT2D eigenvalue weighted by atomic mass is 10.2. The topological polar surface area (TPSA) is 3.24 Å². The third-order valence-corrected chi connectivity index (χ3v) is 4.01. The van der Waals surface area contributed by atoms with Crippen molar-refractivity contribution in [3.8, 4) is 0 Å². The highest BCUT2D eigenvalue weighted by Gasteiger charge is 2.33. The zero-order valence-electron chi connectivity index (χ0n) is 9.71. The van der Waals surface area contributed by atoms with Crippen molar-refractivity contribution in [2.45, 2.75) is 18.7 Å². The van der Waals surface area contributed by atoms with Gasteiger partial charge in [0.15, 0.2) is 0 Å². The highest BCUT2D eigenvalue weighted by Crippen LogP contribution is 2.38. The van der Waals surface area contributed by atoms with Gasteiger partial charge in [0.1, 0.15) is 5.82 Å². The maximum atomic E-state index is 13.8. The van der Waals surface area contributed by atoms with Crippen LogP contribution in [0.25, 0.3) is 0 Å². The summed E-state index contributed by atoms with van der Waals surface area (Å²) in [6, 6.07) is 5.45. The molecule has 0 amide bonds. The summed E-state index contributed by atoms with van der Waals surface area (Å²) in [7, 11) is 1.97. The van der Waals surface area contributed by atoms with Crippen LogP contribution in [0, 0.1) is 17.7 Å². The van der Waals surface area contributed by atoms with Gasteiger partial charge in [0.05, 0.1) is 5.69 Å². The number of alkyl halides is 1. The molecule has 1 aliphatic rings.